The molecule has 0 bridgehead atoms. The number of halogens is 1. The Labute approximate surface area is 95.6 Å². The summed E-state index contributed by atoms with van der Waals surface area (Å²) in [6.45, 7) is 6.78. The van der Waals surface area contributed by atoms with Crippen molar-refractivity contribution in [3.05, 3.63) is 0 Å². The van der Waals surface area contributed by atoms with Crippen LogP contribution in [0.25, 0.3) is 0 Å². The quantitative estimate of drug-likeness (QED) is 0.435. The van der Waals surface area contributed by atoms with Crippen LogP contribution in [0, 0.1) is 11.3 Å². The van der Waals surface area contributed by atoms with Crippen molar-refractivity contribution in [1.82, 2.24) is 0 Å². The van der Waals surface area contributed by atoms with Gasteiger partial charge in [-0.1, -0.05) is 13.8 Å². The van der Waals surface area contributed by atoms with Crippen molar-refractivity contribution in [1.29, 1.82) is 5.41 Å². The largest absolute Gasteiger partial charge is 0.479 e. The van der Waals surface area contributed by atoms with Gasteiger partial charge in [-0.3, -0.25) is 5.41 Å². The molecule has 5 heteroatoms. The number of hydrogen-bond donors (Lipinski definition) is 1. The Morgan fingerprint density at radius 2 is 1.81 bits per heavy atom. The minimum atomic E-state index is -2.47. The number of rotatable bonds is 6. The molecule has 94 valence electrons. The molecular formula is C11H20FNO3. The number of ether oxygens (including phenoxy) is 2. The fraction of sp³-hybridized carbons (Fsp3) is 0.818. The number of carbonyl (C=O) groups excluding carboxylic acids is 1. The van der Waals surface area contributed by atoms with Crippen LogP contribution in [0.3, 0.4) is 0 Å². The smallest absolute Gasteiger partial charge is 0.354 e. The van der Waals surface area contributed by atoms with Gasteiger partial charge in [-0.25, -0.2) is 9.18 Å². The lowest BCUT2D eigenvalue weighted by Crippen LogP contribution is -2.49. The zero-order valence-electron chi connectivity index (χ0n) is 10.3. The molecule has 0 aliphatic rings. The summed E-state index contributed by atoms with van der Waals surface area (Å²) in [5.41, 5.74) is -2.47. The number of carbonyl (C=O) groups is 1. The van der Waals surface area contributed by atoms with Gasteiger partial charge in [-0.2, -0.15) is 0 Å². The Morgan fingerprint density at radius 1 is 1.31 bits per heavy atom. The fourth-order valence-electron chi connectivity index (χ4n) is 1.28. The van der Waals surface area contributed by atoms with Crippen LogP contribution in [0.15, 0.2) is 0 Å². The number of alkyl halides is 1. The maximum absolute atomic E-state index is 14.5. The monoisotopic (exact) mass is 233 g/mol. The van der Waals surface area contributed by atoms with Crippen LogP contribution in [0.2, 0.25) is 0 Å². The molecule has 0 fully saturated rings. The summed E-state index contributed by atoms with van der Waals surface area (Å²) in [5.74, 6) is -2.35. The molecule has 0 saturated carbocycles. The van der Waals surface area contributed by atoms with Crippen LogP contribution in [-0.4, -0.2) is 30.7 Å². The lowest BCUT2D eigenvalue weighted by molar-refractivity contribution is -0.156. The Hall–Kier alpha value is -1.13. The van der Waals surface area contributed by atoms with Crippen molar-refractivity contribution < 1.29 is 18.7 Å². The standard InChI is InChI=1S/C11H20FNO3/c1-5-8(4)11(12,9(13)15-6-2)10(14)16-7-3/h8,13H,5-7H2,1-4H3/t8-,11+/m0/s1. The van der Waals surface area contributed by atoms with E-state index in [1.54, 1.807) is 27.7 Å². The molecule has 0 aliphatic heterocycles. The summed E-state index contributed by atoms with van der Waals surface area (Å²) in [6.07, 6.45) is 0.421. The van der Waals surface area contributed by atoms with E-state index in [-0.39, 0.29) is 13.2 Å². The lowest BCUT2D eigenvalue weighted by atomic mass is 9.88. The third-order valence-electron chi connectivity index (χ3n) is 2.48. The summed E-state index contributed by atoms with van der Waals surface area (Å²) in [6, 6.07) is 0. The predicted molar refractivity (Wildman–Crippen MR) is 59.3 cm³/mol. The van der Waals surface area contributed by atoms with Crippen LogP contribution in [0.1, 0.15) is 34.1 Å². The average Bonchev–Trinajstić information content (AvgIpc) is 2.27. The molecule has 0 heterocycles. The van der Waals surface area contributed by atoms with E-state index in [1.807, 2.05) is 0 Å². The maximum Gasteiger partial charge on any atom is 0.354 e. The van der Waals surface area contributed by atoms with Crippen LogP contribution >= 0.6 is 0 Å². The first-order chi connectivity index (χ1) is 7.44. The molecule has 0 aromatic carbocycles. The van der Waals surface area contributed by atoms with Gasteiger partial charge in [0.25, 0.3) is 5.67 Å². The highest BCUT2D eigenvalue weighted by atomic mass is 19.1. The molecule has 1 N–H and O–H groups in total. The topological polar surface area (TPSA) is 59.4 Å². The van der Waals surface area contributed by atoms with Crippen molar-refractivity contribution in [3.8, 4) is 0 Å². The highest BCUT2D eigenvalue weighted by Gasteiger charge is 2.50. The van der Waals surface area contributed by atoms with Crippen LogP contribution in [-0.2, 0) is 14.3 Å². The first-order valence-corrected chi connectivity index (χ1v) is 5.52. The fourth-order valence-corrected chi connectivity index (χ4v) is 1.28. The molecule has 0 unspecified atom stereocenters. The highest BCUT2D eigenvalue weighted by molar-refractivity contribution is 6.05. The maximum atomic E-state index is 14.5. The molecule has 0 aromatic rings. The van der Waals surface area contributed by atoms with E-state index in [0.717, 1.165) is 0 Å². The first-order valence-electron chi connectivity index (χ1n) is 5.52. The zero-order valence-corrected chi connectivity index (χ0v) is 10.3. The molecule has 0 aromatic heterocycles. The second-order valence-corrected chi connectivity index (χ2v) is 3.50. The number of esters is 1. The Bertz CT molecular complexity index is 238. The van der Waals surface area contributed by atoms with Gasteiger partial charge in [0.1, 0.15) is 0 Å². The van der Waals surface area contributed by atoms with E-state index in [0.29, 0.717) is 6.42 Å². The third-order valence-corrected chi connectivity index (χ3v) is 2.48. The van der Waals surface area contributed by atoms with Crippen molar-refractivity contribution in [3.63, 3.8) is 0 Å². The molecule has 16 heavy (non-hydrogen) atoms. The van der Waals surface area contributed by atoms with Crippen LogP contribution in [0.4, 0.5) is 4.39 Å². The molecule has 0 amide bonds. The normalized spacial score (nSPS) is 16.1. The highest BCUT2D eigenvalue weighted by Crippen LogP contribution is 2.28. The molecule has 0 spiro atoms. The zero-order chi connectivity index (χ0) is 12.8. The van der Waals surface area contributed by atoms with Gasteiger partial charge in [0.05, 0.1) is 13.2 Å². The van der Waals surface area contributed by atoms with Crippen molar-refractivity contribution >= 4 is 11.9 Å². The summed E-state index contributed by atoms with van der Waals surface area (Å²) < 4.78 is 24.0. The Balaban J connectivity index is 5.02. The SMILES string of the molecule is CCOC(=N)[C@@](F)(C(=O)OCC)[C@@H](C)CC. The van der Waals surface area contributed by atoms with Gasteiger partial charge < -0.3 is 9.47 Å². The predicted octanol–water partition coefficient (Wildman–Crippen LogP) is 2.32. The molecule has 0 saturated heterocycles. The minimum absolute atomic E-state index is 0.0837. The molecule has 0 radical (unpaired) electrons. The van der Waals surface area contributed by atoms with E-state index in [9.17, 15) is 9.18 Å². The van der Waals surface area contributed by atoms with E-state index in [1.165, 1.54) is 0 Å². The van der Waals surface area contributed by atoms with E-state index in [2.05, 4.69) is 4.74 Å². The summed E-state index contributed by atoms with van der Waals surface area (Å²) in [7, 11) is 0. The van der Waals surface area contributed by atoms with Crippen molar-refractivity contribution in [2.75, 3.05) is 13.2 Å². The van der Waals surface area contributed by atoms with E-state index in [4.69, 9.17) is 10.1 Å². The Morgan fingerprint density at radius 3 is 2.19 bits per heavy atom. The van der Waals surface area contributed by atoms with Crippen LogP contribution < -0.4 is 0 Å². The lowest BCUT2D eigenvalue weighted by Gasteiger charge is -2.28. The van der Waals surface area contributed by atoms with Gasteiger partial charge in [0.2, 0.25) is 5.90 Å². The summed E-state index contributed by atoms with van der Waals surface area (Å²) in [5, 5.41) is 7.49. The van der Waals surface area contributed by atoms with Gasteiger partial charge in [-0.05, 0) is 20.3 Å². The van der Waals surface area contributed by atoms with Gasteiger partial charge in [-0.15, -0.1) is 0 Å². The summed E-state index contributed by atoms with van der Waals surface area (Å²) >= 11 is 0. The molecule has 4 nitrogen and oxygen atoms in total. The van der Waals surface area contributed by atoms with Gasteiger partial charge in [0, 0.05) is 5.92 Å². The van der Waals surface area contributed by atoms with Crippen molar-refractivity contribution in [2.45, 2.75) is 39.8 Å². The average molecular weight is 233 g/mol. The minimum Gasteiger partial charge on any atom is -0.479 e. The third kappa shape index (κ3) is 2.93. The molecular weight excluding hydrogens is 213 g/mol. The van der Waals surface area contributed by atoms with Crippen molar-refractivity contribution in [2.24, 2.45) is 5.92 Å². The van der Waals surface area contributed by atoms with Crippen LogP contribution in [0.5, 0.6) is 0 Å². The van der Waals surface area contributed by atoms with E-state index >= 15 is 0 Å². The second kappa shape index (κ2) is 6.45. The molecule has 2 atom stereocenters. The first kappa shape index (κ1) is 14.9. The second-order valence-electron chi connectivity index (χ2n) is 3.50. The number of hydrogen-bond acceptors (Lipinski definition) is 4. The molecule has 0 rings (SSSR count). The van der Waals surface area contributed by atoms with Gasteiger partial charge in [0.15, 0.2) is 0 Å². The summed E-state index contributed by atoms with van der Waals surface area (Å²) in [4.78, 5) is 11.6. The van der Waals surface area contributed by atoms with Gasteiger partial charge >= 0.3 is 5.97 Å². The Kier molecular flexibility index (Phi) is 6.00. The number of nitrogens with one attached hydrogen (secondary N) is 1. The van der Waals surface area contributed by atoms with E-state index < -0.39 is 23.5 Å². The molecule has 0 aliphatic carbocycles.